The minimum Gasteiger partial charge on any atom is -0.207 e. The van der Waals surface area contributed by atoms with Crippen molar-refractivity contribution in [3.8, 4) is 0 Å². The lowest BCUT2D eigenvalue weighted by atomic mass is 9.96. The molecule has 2 rings (SSSR count). The fourth-order valence-corrected chi connectivity index (χ4v) is 3.71. The first-order valence-corrected chi connectivity index (χ1v) is 7.53. The summed E-state index contributed by atoms with van der Waals surface area (Å²) in [6.45, 7) is 3.70. The normalized spacial score (nSPS) is 12.5. The summed E-state index contributed by atoms with van der Waals surface area (Å²) in [5.74, 6) is -0.577. The first-order chi connectivity index (χ1) is 9.40. The van der Waals surface area contributed by atoms with E-state index >= 15 is 0 Å². The molecular formula is C16H14BrClF2. The van der Waals surface area contributed by atoms with Gasteiger partial charge in [-0.3, -0.25) is 0 Å². The summed E-state index contributed by atoms with van der Waals surface area (Å²) in [6, 6.07) is 7.62. The molecule has 4 heteroatoms. The van der Waals surface area contributed by atoms with Gasteiger partial charge in [0.15, 0.2) is 0 Å². The van der Waals surface area contributed by atoms with Crippen LogP contribution in [0.3, 0.4) is 0 Å². The zero-order valence-corrected chi connectivity index (χ0v) is 13.5. The topological polar surface area (TPSA) is 0 Å². The standard InChI is InChI=1S/C16H14BrClF2/c1-9-6-11(19)7-10(2)16(9)13(17)8-12-14(18)4-3-5-15(12)20/h3-7,13H,8H2,1-2H3. The van der Waals surface area contributed by atoms with Crippen molar-refractivity contribution in [2.75, 3.05) is 0 Å². The minimum atomic E-state index is -0.320. The maximum Gasteiger partial charge on any atom is 0.127 e. The van der Waals surface area contributed by atoms with Crippen molar-refractivity contribution in [3.05, 3.63) is 69.2 Å². The van der Waals surface area contributed by atoms with E-state index in [1.54, 1.807) is 12.1 Å². The maximum absolute atomic E-state index is 13.8. The molecule has 0 heterocycles. The Labute approximate surface area is 130 Å². The second-order valence-electron chi connectivity index (χ2n) is 4.83. The molecule has 0 amide bonds. The smallest absolute Gasteiger partial charge is 0.127 e. The Morgan fingerprint density at radius 3 is 2.30 bits per heavy atom. The molecule has 0 spiro atoms. The lowest BCUT2D eigenvalue weighted by Gasteiger charge is -2.17. The van der Waals surface area contributed by atoms with Crippen LogP contribution in [-0.2, 0) is 6.42 Å². The second kappa shape index (κ2) is 6.23. The van der Waals surface area contributed by atoms with Crippen LogP contribution in [0.4, 0.5) is 8.78 Å². The third-order valence-corrected chi connectivity index (χ3v) is 4.45. The average Bonchev–Trinajstić information content (AvgIpc) is 2.32. The molecule has 0 aliphatic carbocycles. The van der Waals surface area contributed by atoms with Crippen molar-refractivity contribution in [3.63, 3.8) is 0 Å². The van der Waals surface area contributed by atoms with Gasteiger partial charge in [0.2, 0.25) is 0 Å². The average molecular weight is 360 g/mol. The van der Waals surface area contributed by atoms with E-state index in [4.69, 9.17) is 11.6 Å². The third-order valence-electron chi connectivity index (χ3n) is 3.32. The highest BCUT2D eigenvalue weighted by atomic mass is 79.9. The molecule has 0 aromatic heterocycles. The number of halogens is 4. The molecule has 1 atom stereocenters. The lowest BCUT2D eigenvalue weighted by molar-refractivity contribution is 0.607. The first-order valence-electron chi connectivity index (χ1n) is 6.23. The summed E-state index contributed by atoms with van der Waals surface area (Å²) in [4.78, 5) is -0.113. The van der Waals surface area contributed by atoms with E-state index < -0.39 is 0 Å². The van der Waals surface area contributed by atoms with Crippen molar-refractivity contribution < 1.29 is 8.78 Å². The third kappa shape index (κ3) is 3.21. The number of aryl methyl sites for hydroxylation is 2. The molecule has 0 N–H and O–H groups in total. The highest BCUT2D eigenvalue weighted by Gasteiger charge is 2.18. The van der Waals surface area contributed by atoms with E-state index in [1.807, 2.05) is 13.8 Å². The number of rotatable bonds is 3. The molecule has 0 radical (unpaired) electrons. The molecule has 0 saturated carbocycles. The number of hydrogen-bond acceptors (Lipinski definition) is 0. The molecule has 2 aromatic rings. The van der Waals surface area contributed by atoms with Crippen molar-refractivity contribution >= 4 is 27.5 Å². The van der Waals surface area contributed by atoms with Crippen molar-refractivity contribution in [1.29, 1.82) is 0 Å². The lowest BCUT2D eigenvalue weighted by Crippen LogP contribution is -2.04. The largest absolute Gasteiger partial charge is 0.207 e. The van der Waals surface area contributed by atoms with Crippen LogP contribution in [0.25, 0.3) is 0 Å². The fraction of sp³-hybridized carbons (Fsp3) is 0.250. The van der Waals surface area contributed by atoms with Gasteiger partial charge in [0.1, 0.15) is 11.6 Å². The van der Waals surface area contributed by atoms with Crippen molar-refractivity contribution in [2.45, 2.75) is 25.1 Å². The predicted molar refractivity (Wildman–Crippen MR) is 82.7 cm³/mol. The Hall–Kier alpha value is -0.930. The maximum atomic E-state index is 13.8. The Morgan fingerprint density at radius 2 is 1.75 bits per heavy atom. The van der Waals surface area contributed by atoms with Crippen LogP contribution in [0.2, 0.25) is 5.02 Å². The SMILES string of the molecule is Cc1cc(F)cc(C)c1C(Br)Cc1c(F)cccc1Cl. The van der Waals surface area contributed by atoms with Gasteiger partial charge in [-0.05, 0) is 61.2 Å². The van der Waals surface area contributed by atoms with Gasteiger partial charge >= 0.3 is 0 Å². The van der Waals surface area contributed by atoms with Crippen LogP contribution >= 0.6 is 27.5 Å². The second-order valence-corrected chi connectivity index (χ2v) is 6.34. The van der Waals surface area contributed by atoms with Gasteiger partial charge in [0.05, 0.1) is 0 Å². The quantitative estimate of drug-likeness (QED) is 0.597. The number of alkyl halides is 1. The van der Waals surface area contributed by atoms with Gasteiger partial charge in [-0.25, -0.2) is 8.78 Å². The molecule has 0 nitrogen and oxygen atoms in total. The summed E-state index contributed by atoms with van der Waals surface area (Å²) in [5, 5.41) is 0.409. The Morgan fingerprint density at radius 1 is 1.15 bits per heavy atom. The van der Waals surface area contributed by atoms with Gasteiger partial charge in [-0.2, -0.15) is 0 Å². The number of hydrogen-bond donors (Lipinski definition) is 0. The summed E-state index contributed by atoms with van der Waals surface area (Å²) >= 11 is 9.61. The van der Waals surface area contributed by atoms with E-state index in [2.05, 4.69) is 15.9 Å². The molecule has 0 fully saturated rings. The van der Waals surface area contributed by atoms with Crippen molar-refractivity contribution in [2.24, 2.45) is 0 Å². The molecule has 20 heavy (non-hydrogen) atoms. The van der Waals surface area contributed by atoms with Gasteiger partial charge in [0, 0.05) is 15.4 Å². The Balaban J connectivity index is 2.36. The van der Waals surface area contributed by atoms with Crippen LogP contribution < -0.4 is 0 Å². The monoisotopic (exact) mass is 358 g/mol. The predicted octanol–water partition coefficient (Wildman–Crippen LogP) is 5.91. The van der Waals surface area contributed by atoms with E-state index in [0.29, 0.717) is 17.0 Å². The highest BCUT2D eigenvalue weighted by molar-refractivity contribution is 9.09. The fourth-order valence-electron chi connectivity index (χ4n) is 2.42. The zero-order valence-electron chi connectivity index (χ0n) is 11.2. The molecule has 106 valence electrons. The summed E-state index contributed by atoms with van der Waals surface area (Å²) in [5.41, 5.74) is 3.14. The summed E-state index contributed by atoms with van der Waals surface area (Å²) in [6.07, 6.45) is 0.415. The van der Waals surface area contributed by atoms with E-state index in [9.17, 15) is 8.78 Å². The zero-order chi connectivity index (χ0) is 14.9. The minimum absolute atomic E-state index is 0.113. The van der Waals surface area contributed by atoms with Gasteiger partial charge in [-0.15, -0.1) is 0 Å². The van der Waals surface area contributed by atoms with Gasteiger partial charge < -0.3 is 0 Å². The van der Waals surface area contributed by atoms with E-state index in [-0.39, 0.29) is 16.5 Å². The van der Waals surface area contributed by atoms with Crippen LogP contribution in [-0.4, -0.2) is 0 Å². The molecule has 2 aromatic carbocycles. The van der Waals surface area contributed by atoms with Crippen molar-refractivity contribution in [1.82, 2.24) is 0 Å². The number of benzene rings is 2. The van der Waals surface area contributed by atoms with Crippen LogP contribution in [0, 0.1) is 25.5 Å². The highest BCUT2D eigenvalue weighted by Crippen LogP contribution is 2.35. The Kier molecular flexibility index (Phi) is 4.82. The molecule has 0 bridgehead atoms. The van der Waals surface area contributed by atoms with Gasteiger partial charge in [0.25, 0.3) is 0 Å². The summed E-state index contributed by atoms with van der Waals surface area (Å²) < 4.78 is 27.2. The molecule has 0 aliphatic rings. The van der Waals surface area contributed by atoms with Crippen LogP contribution in [0.15, 0.2) is 30.3 Å². The van der Waals surface area contributed by atoms with Crippen LogP contribution in [0.5, 0.6) is 0 Å². The Bertz CT molecular complexity index is 597. The summed E-state index contributed by atoms with van der Waals surface area (Å²) in [7, 11) is 0. The van der Waals surface area contributed by atoms with Gasteiger partial charge in [-0.1, -0.05) is 33.6 Å². The molecule has 0 aliphatic heterocycles. The van der Waals surface area contributed by atoms with E-state index in [1.165, 1.54) is 18.2 Å². The first kappa shape index (κ1) is 15.5. The van der Waals surface area contributed by atoms with E-state index in [0.717, 1.165) is 16.7 Å². The molecular weight excluding hydrogens is 346 g/mol. The molecule has 0 saturated heterocycles. The van der Waals surface area contributed by atoms with Crippen LogP contribution in [0.1, 0.15) is 27.1 Å². The molecule has 1 unspecified atom stereocenters.